The Morgan fingerprint density at radius 3 is 2.89 bits per heavy atom. The maximum absolute atomic E-state index is 10.7. The molecule has 1 N–H and O–H groups in total. The number of likely N-dealkylation sites (N-methyl/N-ethyl adjacent to an activating group) is 1. The van der Waals surface area contributed by atoms with Crippen LogP contribution < -0.4 is 4.90 Å². The largest absolute Gasteiger partial charge is 0.480 e. The van der Waals surface area contributed by atoms with Gasteiger partial charge < -0.3 is 10.0 Å². The first-order valence-corrected chi connectivity index (χ1v) is 5.32. The fraction of sp³-hybridized carbons (Fsp3) is 0.273. The number of hydrogen-bond acceptors (Lipinski definition) is 5. The Morgan fingerprint density at radius 2 is 2.28 bits per heavy atom. The fourth-order valence-corrected chi connectivity index (χ4v) is 1.67. The van der Waals surface area contributed by atoms with E-state index < -0.39 is 5.97 Å². The smallest absolute Gasteiger partial charge is 0.323 e. The first-order valence-electron chi connectivity index (χ1n) is 5.32. The third-order valence-corrected chi connectivity index (χ3v) is 2.49. The molecular weight excluding hydrogens is 234 g/mol. The summed E-state index contributed by atoms with van der Waals surface area (Å²) in [5, 5.41) is 16.8. The van der Waals surface area contributed by atoms with Crippen LogP contribution in [0.3, 0.4) is 0 Å². The highest BCUT2D eigenvalue weighted by molar-refractivity contribution is 5.72. The van der Waals surface area contributed by atoms with Crippen molar-refractivity contribution < 1.29 is 9.90 Å². The Bertz CT molecular complexity index is 552. The first kappa shape index (κ1) is 12.0. The molecule has 18 heavy (non-hydrogen) atoms. The van der Waals surface area contributed by atoms with E-state index in [1.807, 2.05) is 12.1 Å². The predicted molar refractivity (Wildman–Crippen MR) is 65.1 cm³/mol. The van der Waals surface area contributed by atoms with Gasteiger partial charge in [0.15, 0.2) is 5.82 Å². The van der Waals surface area contributed by atoms with Crippen LogP contribution in [0.1, 0.15) is 0 Å². The molecule has 0 aliphatic rings. The molecule has 7 nitrogen and oxygen atoms in total. The summed E-state index contributed by atoms with van der Waals surface area (Å²) in [6.45, 7) is -0.126. The van der Waals surface area contributed by atoms with E-state index in [9.17, 15) is 4.79 Å². The monoisotopic (exact) mass is 247 g/mol. The molecule has 2 rings (SSSR count). The number of rotatable bonds is 4. The van der Waals surface area contributed by atoms with Crippen LogP contribution >= 0.6 is 0 Å². The van der Waals surface area contributed by atoms with E-state index in [2.05, 4.69) is 15.2 Å². The molecule has 0 radical (unpaired) electrons. The third kappa shape index (κ3) is 2.29. The van der Waals surface area contributed by atoms with Crippen LogP contribution in [-0.2, 0) is 11.8 Å². The number of aromatic nitrogens is 4. The highest BCUT2D eigenvalue weighted by Gasteiger charge is 2.15. The van der Waals surface area contributed by atoms with Crippen molar-refractivity contribution in [3.8, 4) is 11.4 Å². The molecule has 2 heterocycles. The molecule has 0 aromatic carbocycles. The van der Waals surface area contributed by atoms with Crippen molar-refractivity contribution in [3.63, 3.8) is 0 Å². The van der Waals surface area contributed by atoms with E-state index >= 15 is 0 Å². The third-order valence-electron chi connectivity index (χ3n) is 2.49. The maximum Gasteiger partial charge on any atom is 0.323 e. The van der Waals surface area contributed by atoms with Crippen molar-refractivity contribution in [2.45, 2.75) is 0 Å². The van der Waals surface area contributed by atoms with Crippen LogP contribution in [0.4, 0.5) is 5.95 Å². The second-order valence-corrected chi connectivity index (χ2v) is 3.87. The van der Waals surface area contributed by atoms with E-state index in [-0.39, 0.29) is 6.54 Å². The fourth-order valence-electron chi connectivity index (χ4n) is 1.67. The van der Waals surface area contributed by atoms with Crippen LogP contribution in [0, 0.1) is 0 Å². The van der Waals surface area contributed by atoms with Crippen molar-refractivity contribution in [2.24, 2.45) is 7.05 Å². The second-order valence-electron chi connectivity index (χ2n) is 3.87. The zero-order valence-electron chi connectivity index (χ0n) is 10.1. The molecular formula is C11H13N5O2. The zero-order valence-corrected chi connectivity index (χ0v) is 10.1. The molecule has 0 atom stereocenters. The molecule has 0 spiro atoms. The lowest BCUT2D eigenvalue weighted by molar-refractivity contribution is -0.135. The quantitative estimate of drug-likeness (QED) is 0.841. The Hall–Kier alpha value is -2.44. The number of hydrogen-bond donors (Lipinski definition) is 1. The van der Waals surface area contributed by atoms with Crippen LogP contribution in [0.25, 0.3) is 11.4 Å². The van der Waals surface area contributed by atoms with Gasteiger partial charge in [-0.25, -0.2) is 0 Å². The lowest BCUT2D eigenvalue weighted by Gasteiger charge is -2.14. The highest BCUT2D eigenvalue weighted by Crippen LogP contribution is 2.19. The summed E-state index contributed by atoms with van der Waals surface area (Å²) < 4.78 is 1.74. The molecule has 0 saturated carbocycles. The average Bonchev–Trinajstić information content (AvgIpc) is 2.71. The number of carboxylic acid groups (broad SMARTS) is 1. The molecule has 94 valence electrons. The normalized spacial score (nSPS) is 10.3. The Labute approximate surface area is 104 Å². The number of aliphatic carboxylic acids is 1. The Balaban J connectivity index is 2.32. The van der Waals surface area contributed by atoms with Crippen molar-refractivity contribution in [3.05, 3.63) is 24.5 Å². The molecule has 0 aliphatic carbocycles. The first-order chi connectivity index (χ1) is 8.59. The van der Waals surface area contributed by atoms with Gasteiger partial charge in [0.25, 0.3) is 0 Å². The van der Waals surface area contributed by atoms with Gasteiger partial charge in [-0.1, -0.05) is 0 Å². The molecule has 0 amide bonds. The minimum absolute atomic E-state index is 0.126. The maximum atomic E-state index is 10.7. The summed E-state index contributed by atoms with van der Waals surface area (Å²) in [6, 6.07) is 3.68. The van der Waals surface area contributed by atoms with Crippen molar-refractivity contribution in [1.29, 1.82) is 0 Å². The van der Waals surface area contributed by atoms with Crippen molar-refractivity contribution >= 4 is 11.9 Å². The SMILES string of the molecule is CN(CC(=O)O)c1nnc(-c2cccnc2)n1C. The molecule has 0 saturated heterocycles. The molecule has 0 fully saturated rings. The molecule has 0 unspecified atom stereocenters. The van der Waals surface area contributed by atoms with Crippen LogP contribution in [0.15, 0.2) is 24.5 Å². The summed E-state index contributed by atoms with van der Waals surface area (Å²) in [5.41, 5.74) is 0.836. The van der Waals surface area contributed by atoms with Gasteiger partial charge in [-0.15, -0.1) is 10.2 Å². The van der Waals surface area contributed by atoms with Crippen LogP contribution in [0.2, 0.25) is 0 Å². The summed E-state index contributed by atoms with van der Waals surface area (Å²) in [7, 11) is 3.45. The standard InChI is InChI=1S/C11H13N5O2/c1-15(7-9(17)18)11-14-13-10(16(11)2)8-4-3-5-12-6-8/h3-6H,7H2,1-2H3,(H,17,18). The van der Waals surface area contributed by atoms with Gasteiger partial charge in [-0.3, -0.25) is 14.3 Å². The van der Waals surface area contributed by atoms with Gasteiger partial charge in [0.05, 0.1) is 0 Å². The molecule has 0 bridgehead atoms. The van der Waals surface area contributed by atoms with Crippen LogP contribution in [0.5, 0.6) is 0 Å². The van der Waals surface area contributed by atoms with E-state index in [0.717, 1.165) is 5.56 Å². The minimum Gasteiger partial charge on any atom is -0.480 e. The van der Waals surface area contributed by atoms with E-state index in [1.165, 1.54) is 4.90 Å². The van der Waals surface area contributed by atoms with Crippen LogP contribution in [-0.4, -0.2) is 44.4 Å². The highest BCUT2D eigenvalue weighted by atomic mass is 16.4. The summed E-state index contributed by atoms with van der Waals surface area (Å²) >= 11 is 0. The Morgan fingerprint density at radius 1 is 1.50 bits per heavy atom. The lowest BCUT2D eigenvalue weighted by Crippen LogP contribution is -2.27. The molecule has 2 aromatic heterocycles. The number of carboxylic acids is 1. The number of nitrogens with zero attached hydrogens (tertiary/aromatic N) is 5. The Kier molecular flexibility index (Phi) is 3.22. The average molecular weight is 247 g/mol. The van der Waals surface area contributed by atoms with Crippen molar-refractivity contribution in [2.75, 3.05) is 18.5 Å². The van der Waals surface area contributed by atoms with E-state index in [1.54, 1.807) is 31.1 Å². The van der Waals surface area contributed by atoms with Gasteiger partial charge in [-0.05, 0) is 12.1 Å². The number of carbonyl (C=O) groups is 1. The summed E-state index contributed by atoms with van der Waals surface area (Å²) in [6.07, 6.45) is 3.36. The predicted octanol–water partition coefficient (Wildman–Crippen LogP) is 0.398. The topological polar surface area (TPSA) is 84.1 Å². The van der Waals surface area contributed by atoms with Gasteiger partial charge in [-0.2, -0.15) is 0 Å². The molecule has 7 heteroatoms. The van der Waals surface area contributed by atoms with Gasteiger partial charge >= 0.3 is 5.97 Å². The molecule has 2 aromatic rings. The van der Waals surface area contributed by atoms with E-state index in [0.29, 0.717) is 11.8 Å². The van der Waals surface area contributed by atoms with Crippen molar-refractivity contribution in [1.82, 2.24) is 19.7 Å². The van der Waals surface area contributed by atoms with E-state index in [4.69, 9.17) is 5.11 Å². The van der Waals surface area contributed by atoms with Gasteiger partial charge in [0, 0.05) is 32.1 Å². The number of anilines is 1. The van der Waals surface area contributed by atoms with Gasteiger partial charge in [0.1, 0.15) is 6.54 Å². The number of pyridine rings is 1. The van der Waals surface area contributed by atoms with Gasteiger partial charge in [0.2, 0.25) is 5.95 Å². The molecule has 0 aliphatic heterocycles. The zero-order chi connectivity index (χ0) is 13.1. The summed E-state index contributed by atoms with van der Waals surface area (Å²) in [5.74, 6) is 0.231. The second kappa shape index (κ2) is 4.82. The minimum atomic E-state index is -0.913. The summed E-state index contributed by atoms with van der Waals surface area (Å²) in [4.78, 5) is 16.2. The lowest BCUT2D eigenvalue weighted by atomic mass is 10.3.